The summed E-state index contributed by atoms with van der Waals surface area (Å²) in [6.45, 7) is 0.299. The van der Waals surface area contributed by atoms with Crippen LogP contribution in [-0.2, 0) is 19.4 Å². The van der Waals surface area contributed by atoms with Gasteiger partial charge in [-0.25, -0.2) is 18.0 Å². The summed E-state index contributed by atoms with van der Waals surface area (Å²) in [4.78, 5) is 16.7. The van der Waals surface area contributed by atoms with Crippen molar-refractivity contribution in [3.05, 3.63) is 106 Å². The number of thiophene rings is 1. The molecule has 2 aliphatic rings. The zero-order chi connectivity index (χ0) is 24.1. The highest BCUT2D eigenvalue weighted by atomic mass is 32.1. The van der Waals surface area contributed by atoms with Crippen LogP contribution in [0.15, 0.2) is 60.8 Å². The molecule has 0 saturated heterocycles. The van der Waals surface area contributed by atoms with Gasteiger partial charge in [0.15, 0.2) is 0 Å². The van der Waals surface area contributed by atoms with Crippen LogP contribution in [0.5, 0.6) is 0 Å². The number of benzene rings is 2. The Morgan fingerprint density at radius 2 is 1.71 bits per heavy atom. The molecule has 2 aromatic heterocycles. The number of aryl methyl sites for hydroxylation is 1. The van der Waals surface area contributed by atoms with Crippen molar-refractivity contribution in [2.45, 2.75) is 38.3 Å². The van der Waals surface area contributed by atoms with Crippen molar-refractivity contribution in [3.63, 3.8) is 0 Å². The average molecular weight is 494 g/mol. The van der Waals surface area contributed by atoms with Crippen LogP contribution in [0.4, 0.5) is 23.7 Å². The summed E-state index contributed by atoms with van der Waals surface area (Å²) in [5.41, 5.74) is 3.72. The number of carbonyl (C=O) groups excluding carboxylic acids is 1. The number of rotatable bonds is 2. The van der Waals surface area contributed by atoms with Gasteiger partial charge in [0.1, 0.15) is 22.5 Å². The second-order valence-electron chi connectivity index (χ2n) is 8.93. The predicted molar refractivity (Wildman–Crippen MR) is 129 cm³/mol. The molecule has 1 aliphatic heterocycles. The molecule has 0 radical (unpaired) electrons. The van der Waals surface area contributed by atoms with Crippen molar-refractivity contribution in [2.75, 3.05) is 5.32 Å². The van der Waals surface area contributed by atoms with E-state index in [1.165, 1.54) is 22.6 Å². The highest BCUT2D eigenvalue weighted by Crippen LogP contribution is 2.44. The summed E-state index contributed by atoms with van der Waals surface area (Å²) >= 11 is 1.76. The summed E-state index contributed by atoms with van der Waals surface area (Å²) in [5.74, 6) is -1.73. The largest absolute Gasteiger partial charge is 0.323 e. The van der Waals surface area contributed by atoms with Gasteiger partial charge in [0.25, 0.3) is 0 Å². The number of anilines is 1. The van der Waals surface area contributed by atoms with Crippen molar-refractivity contribution in [3.8, 4) is 5.00 Å². The molecular weight excluding hydrogens is 471 g/mol. The lowest BCUT2D eigenvalue weighted by Gasteiger charge is -2.31. The van der Waals surface area contributed by atoms with Gasteiger partial charge in [0.2, 0.25) is 0 Å². The number of hydrogen-bond acceptors (Lipinski definition) is 2. The van der Waals surface area contributed by atoms with Crippen molar-refractivity contribution in [1.82, 2.24) is 9.47 Å². The van der Waals surface area contributed by atoms with E-state index in [1.54, 1.807) is 28.4 Å². The number of halogens is 3. The Bertz CT molecular complexity index is 1430. The van der Waals surface area contributed by atoms with Crippen LogP contribution in [0, 0.1) is 17.5 Å². The van der Waals surface area contributed by atoms with E-state index in [9.17, 15) is 18.0 Å². The Labute approximate surface area is 204 Å². The zero-order valence-electron chi connectivity index (χ0n) is 18.7. The first-order valence-corrected chi connectivity index (χ1v) is 12.4. The van der Waals surface area contributed by atoms with Crippen LogP contribution in [0.2, 0.25) is 0 Å². The minimum atomic E-state index is -0.718. The van der Waals surface area contributed by atoms with Gasteiger partial charge in [-0.3, -0.25) is 0 Å². The van der Waals surface area contributed by atoms with Gasteiger partial charge in [-0.05, 0) is 73.2 Å². The Balaban J connectivity index is 1.50. The third-order valence-corrected chi connectivity index (χ3v) is 8.13. The molecule has 3 heterocycles. The smallest absolute Gasteiger partial charge is 0.310 e. The highest BCUT2D eigenvalue weighted by molar-refractivity contribution is 7.15. The van der Waals surface area contributed by atoms with E-state index in [0.717, 1.165) is 65.7 Å². The maximum Gasteiger partial charge on any atom is 0.323 e. The minimum absolute atomic E-state index is 0.222. The van der Waals surface area contributed by atoms with E-state index in [-0.39, 0.29) is 11.5 Å². The lowest BCUT2D eigenvalue weighted by Crippen LogP contribution is -2.38. The Hall–Kier alpha value is -3.52. The standard InChI is InChI=1S/C27H22F3N3OS/c28-17-9-7-16(8-10-17)25-23-5-3-13-32(23)26-20(19-4-1-2-6-24(19)35-26)15-33(25)27(34)31-22-14-18(29)11-12-21(22)30/h3,5,7-14,25H,1-2,4,6,15H2,(H,31,34)/t25-/m1/s1. The molecule has 0 spiro atoms. The summed E-state index contributed by atoms with van der Waals surface area (Å²) in [6.07, 6.45) is 6.20. The third kappa shape index (κ3) is 3.82. The monoisotopic (exact) mass is 493 g/mol. The Kier molecular flexibility index (Phi) is 5.40. The fourth-order valence-electron chi connectivity index (χ4n) is 5.16. The van der Waals surface area contributed by atoms with E-state index < -0.39 is 23.7 Å². The van der Waals surface area contributed by atoms with Crippen molar-refractivity contribution in [2.24, 2.45) is 0 Å². The SMILES string of the molecule is O=C(Nc1cc(F)ccc1F)N1Cc2c(sc3c2CCCC3)-n2cccc2[C@H]1c1ccc(F)cc1. The molecule has 0 saturated carbocycles. The predicted octanol–water partition coefficient (Wildman–Crippen LogP) is 6.97. The molecule has 2 aromatic carbocycles. The molecule has 0 bridgehead atoms. The van der Waals surface area contributed by atoms with Gasteiger partial charge in [0, 0.05) is 22.7 Å². The van der Waals surface area contributed by atoms with Crippen LogP contribution in [0.3, 0.4) is 0 Å². The third-order valence-electron chi connectivity index (χ3n) is 6.80. The average Bonchev–Trinajstić information content (AvgIpc) is 3.44. The topological polar surface area (TPSA) is 37.3 Å². The first-order valence-electron chi connectivity index (χ1n) is 11.6. The minimum Gasteiger partial charge on any atom is -0.310 e. The number of urea groups is 1. The van der Waals surface area contributed by atoms with Gasteiger partial charge in [-0.1, -0.05) is 12.1 Å². The second-order valence-corrected chi connectivity index (χ2v) is 10.0. The number of nitrogens with one attached hydrogen (secondary N) is 1. The number of fused-ring (bicyclic) bond motifs is 5. The number of carbonyl (C=O) groups is 1. The molecule has 178 valence electrons. The molecule has 4 nitrogen and oxygen atoms in total. The van der Waals surface area contributed by atoms with Crippen LogP contribution in [0.1, 0.15) is 46.1 Å². The van der Waals surface area contributed by atoms with Gasteiger partial charge in [-0.15, -0.1) is 11.3 Å². The first kappa shape index (κ1) is 22.0. The van der Waals surface area contributed by atoms with E-state index >= 15 is 0 Å². The summed E-state index contributed by atoms with van der Waals surface area (Å²) in [7, 11) is 0. The normalized spacial score (nSPS) is 16.8. The molecular formula is C27H22F3N3OS. The van der Waals surface area contributed by atoms with Gasteiger partial charge >= 0.3 is 6.03 Å². The van der Waals surface area contributed by atoms with Crippen LogP contribution in [-0.4, -0.2) is 15.5 Å². The molecule has 4 aromatic rings. The fourth-order valence-corrected chi connectivity index (χ4v) is 6.57. The maximum atomic E-state index is 14.4. The molecule has 0 fully saturated rings. The van der Waals surface area contributed by atoms with E-state index in [4.69, 9.17) is 0 Å². The van der Waals surface area contributed by atoms with Gasteiger partial charge in [-0.2, -0.15) is 0 Å². The summed E-state index contributed by atoms with van der Waals surface area (Å²) in [6, 6.07) is 11.8. The van der Waals surface area contributed by atoms with Gasteiger partial charge < -0.3 is 14.8 Å². The summed E-state index contributed by atoms with van der Waals surface area (Å²) in [5, 5.41) is 3.66. The van der Waals surface area contributed by atoms with Crippen LogP contribution >= 0.6 is 11.3 Å². The maximum absolute atomic E-state index is 14.4. The van der Waals surface area contributed by atoms with Crippen molar-refractivity contribution in [1.29, 1.82) is 0 Å². The molecule has 6 rings (SSSR count). The second kappa shape index (κ2) is 8.61. The first-order chi connectivity index (χ1) is 17.0. The van der Waals surface area contributed by atoms with Crippen LogP contribution in [0.25, 0.3) is 5.00 Å². The molecule has 1 aliphatic carbocycles. The van der Waals surface area contributed by atoms with E-state index in [2.05, 4.69) is 9.88 Å². The molecule has 8 heteroatoms. The van der Waals surface area contributed by atoms with Gasteiger partial charge in [0.05, 0.1) is 24.0 Å². The van der Waals surface area contributed by atoms with E-state index in [1.807, 2.05) is 18.3 Å². The molecule has 0 unspecified atom stereocenters. The van der Waals surface area contributed by atoms with E-state index in [0.29, 0.717) is 6.54 Å². The lowest BCUT2D eigenvalue weighted by atomic mass is 9.95. The number of hydrogen-bond donors (Lipinski definition) is 1. The van der Waals surface area contributed by atoms with Crippen molar-refractivity contribution < 1.29 is 18.0 Å². The molecule has 2 amide bonds. The number of aromatic nitrogens is 1. The van der Waals surface area contributed by atoms with Crippen LogP contribution < -0.4 is 5.32 Å². The highest BCUT2D eigenvalue weighted by Gasteiger charge is 2.36. The quantitative estimate of drug-likeness (QED) is 0.322. The molecule has 1 atom stereocenters. The zero-order valence-corrected chi connectivity index (χ0v) is 19.5. The fraction of sp³-hybridized carbons (Fsp3) is 0.222. The van der Waals surface area contributed by atoms with Crippen molar-refractivity contribution >= 4 is 23.1 Å². The number of nitrogens with zero attached hydrogens (tertiary/aromatic N) is 2. The molecule has 1 N–H and O–H groups in total. The Morgan fingerprint density at radius 3 is 2.54 bits per heavy atom. The number of amides is 2. The molecule has 35 heavy (non-hydrogen) atoms. The lowest BCUT2D eigenvalue weighted by molar-refractivity contribution is 0.194. The Morgan fingerprint density at radius 1 is 0.943 bits per heavy atom. The summed E-state index contributed by atoms with van der Waals surface area (Å²) < 4.78 is 44.1.